The monoisotopic (exact) mass is 269 g/mol. The number of ether oxygens (including phenoxy) is 4. The maximum Gasteiger partial charge on any atom is 0.176 e. The molecule has 19 heavy (non-hydrogen) atoms. The van der Waals surface area contributed by atoms with Crippen LogP contribution in [0.1, 0.15) is 25.5 Å². The zero-order valence-electron chi connectivity index (χ0n) is 12.0. The average Bonchev–Trinajstić information content (AvgIpc) is 2.45. The van der Waals surface area contributed by atoms with E-state index in [-0.39, 0.29) is 0 Å². The smallest absolute Gasteiger partial charge is 0.176 e. The quantitative estimate of drug-likeness (QED) is 0.732. The Bertz CT molecular complexity index is 378. The summed E-state index contributed by atoms with van der Waals surface area (Å²) < 4.78 is 21.6. The Labute approximate surface area is 114 Å². The van der Waals surface area contributed by atoms with Gasteiger partial charge in [0.2, 0.25) is 0 Å². The van der Waals surface area contributed by atoms with Crippen molar-refractivity contribution in [3.8, 4) is 11.5 Å². The predicted octanol–water partition coefficient (Wildman–Crippen LogP) is 2.10. The van der Waals surface area contributed by atoms with Crippen molar-refractivity contribution in [1.82, 2.24) is 0 Å². The minimum atomic E-state index is -0.504. The molecule has 2 N–H and O–H groups in total. The molecule has 0 saturated heterocycles. The summed E-state index contributed by atoms with van der Waals surface area (Å²) in [6, 6.07) is 5.05. The molecule has 5 heteroatoms. The first-order valence-electron chi connectivity index (χ1n) is 6.38. The number of methoxy groups -OCH3 is 2. The third-order valence-corrected chi connectivity index (χ3v) is 2.75. The highest BCUT2D eigenvalue weighted by atomic mass is 16.7. The second kappa shape index (κ2) is 7.99. The Balaban J connectivity index is 3.02. The molecule has 0 amide bonds. The molecule has 0 spiro atoms. The zero-order valence-corrected chi connectivity index (χ0v) is 12.0. The van der Waals surface area contributed by atoms with Gasteiger partial charge < -0.3 is 24.7 Å². The van der Waals surface area contributed by atoms with Crippen molar-refractivity contribution in [2.45, 2.75) is 26.2 Å². The van der Waals surface area contributed by atoms with Gasteiger partial charge in [-0.2, -0.15) is 0 Å². The Hall–Kier alpha value is -1.30. The largest absolute Gasteiger partial charge is 0.497 e. The van der Waals surface area contributed by atoms with E-state index in [9.17, 15) is 0 Å². The van der Waals surface area contributed by atoms with E-state index < -0.39 is 12.3 Å². The van der Waals surface area contributed by atoms with Gasteiger partial charge in [-0.3, -0.25) is 0 Å². The standard InChI is InChI=1S/C14H23NO4/c1-5-18-14(19-6-2)13(15)11-9-10(16-3)7-8-12(11)17-4/h7-9,13-14H,5-6,15H2,1-4H3. The van der Waals surface area contributed by atoms with Gasteiger partial charge in [-0.1, -0.05) is 0 Å². The molecule has 1 aromatic carbocycles. The second-order valence-electron chi connectivity index (χ2n) is 3.91. The van der Waals surface area contributed by atoms with Crippen LogP contribution in [0.2, 0.25) is 0 Å². The molecule has 0 radical (unpaired) electrons. The summed E-state index contributed by atoms with van der Waals surface area (Å²) in [6.07, 6.45) is -0.504. The van der Waals surface area contributed by atoms with E-state index in [0.29, 0.717) is 19.0 Å². The third-order valence-electron chi connectivity index (χ3n) is 2.75. The highest BCUT2D eigenvalue weighted by molar-refractivity contribution is 5.42. The van der Waals surface area contributed by atoms with Crippen molar-refractivity contribution in [2.75, 3.05) is 27.4 Å². The van der Waals surface area contributed by atoms with Crippen LogP contribution in [0.15, 0.2) is 18.2 Å². The molecule has 0 fully saturated rings. The van der Waals surface area contributed by atoms with E-state index in [1.54, 1.807) is 14.2 Å². The second-order valence-corrected chi connectivity index (χ2v) is 3.91. The van der Waals surface area contributed by atoms with Crippen molar-refractivity contribution in [3.05, 3.63) is 23.8 Å². The summed E-state index contributed by atoms with van der Waals surface area (Å²) in [4.78, 5) is 0. The van der Waals surface area contributed by atoms with Crippen LogP contribution >= 0.6 is 0 Å². The van der Waals surface area contributed by atoms with Crippen LogP contribution in [0, 0.1) is 0 Å². The first kappa shape index (κ1) is 15.8. The van der Waals surface area contributed by atoms with Gasteiger partial charge in [-0.25, -0.2) is 0 Å². The molecule has 0 bridgehead atoms. The van der Waals surface area contributed by atoms with Crippen LogP contribution in [0.3, 0.4) is 0 Å². The van der Waals surface area contributed by atoms with Crippen molar-refractivity contribution in [1.29, 1.82) is 0 Å². The van der Waals surface area contributed by atoms with Crippen molar-refractivity contribution in [3.63, 3.8) is 0 Å². The SMILES string of the molecule is CCOC(OCC)C(N)c1cc(OC)ccc1OC. The molecule has 1 unspecified atom stereocenters. The highest BCUT2D eigenvalue weighted by Crippen LogP contribution is 2.31. The molecule has 1 aromatic rings. The van der Waals surface area contributed by atoms with Crippen LogP contribution < -0.4 is 15.2 Å². The summed E-state index contributed by atoms with van der Waals surface area (Å²) in [5.41, 5.74) is 7.03. The molecule has 1 atom stereocenters. The molecule has 0 aromatic heterocycles. The van der Waals surface area contributed by atoms with Gasteiger partial charge >= 0.3 is 0 Å². The van der Waals surface area contributed by atoms with E-state index in [1.165, 1.54) is 0 Å². The minimum absolute atomic E-state index is 0.440. The van der Waals surface area contributed by atoms with Crippen LogP contribution in [-0.2, 0) is 9.47 Å². The van der Waals surface area contributed by atoms with Crippen LogP contribution in [0.25, 0.3) is 0 Å². The molecule has 0 aliphatic heterocycles. The van der Waals surface area contributed by atoms with Crippen LogP contribution in [0.4, 0.5) is 0 Å². The molecule has 5 nitrogen and oxygen atoms in total. The summed E-state index contributed by atoms with van der Waals surface area (Å²) >= 11 is 0. The highest BCUT2D eigenvalue weighted by Gasteiger charge is 2.23. The first-order valence-corrected chi connectivity index (χ1v) is 6.38. The number of hydrogen-bond acceptors (Lipinski definition) is 5. The normalized spacial score (nSPS) is 12.5. The van der Waals surface area contributed by atoms with Gasteiger partial charge in [-0.05, 0) is 32.0 Å². The van der Waals surface area contributed by atoms with Gasteiger partial charge in [-0.15, -0.1) is 0 Å². The number of hydrogen-bond donors (Lipinski definition) is 1. The van der Waals surface area contributed by atoms with Gasteiger partial charge in [0.25, 0.3) is 0 Å². The van der Waals surface area contributed by atoms with Crippen LogP contribution in [0.5, 0.6) is 11.5 Å². The molecule has 0 heterocycles. The number of rotatable bonds is 8. The van der Waals surface area contributed by atoms with Gasteiger partial charge in [0.15, 0.2) is 6.29 Å². The van der Waals surface area contributed by atoms with E-state index in [4.69, 9.17) is 24.7 Å². The van der Waals surface area contributed by atoms with Crippen molar-refractivity contribution >= 4 is 0 Å². The lowest BCUT2D eigenvalue weighted by Crippen LogP contribution is -2.32. The van der Waals surface area contributed by atoms with Gasteiger partial charge in [0.1, 0.15) is 11.5 Å². The molecule has 0 saturated carbocycles. The lowest BCUT2D eigenvalue weighted by Gasteiger charge is -2.25. The summed E-state index contributed by atoms with van der Waals surface area (Å²) in [6.45, 7) is 4.87. The Morgan fingerprint density at radius 3 is 2.16 bits per heavy atom. The zero-order chi connectivity index (χ0) is 14.3. The van der Waals surface area contributed by atoms with E-state index >= 15 is 0 Å². The molecular formula is C14H23NO4. The third kappa shape index (κ3) is 4.09. The van der Waals surface area contributed by atoms with E-state index in [0.717, 1.165) is 11.3 Å². The van der Waals surface area contributed by atoms with Crippen molar-refractivity contribution < 1.29 is 18.9 Å². The topological polar surface area (TPSA) is 62.9 Å². The average molecular weight is 269 g/mol. The maximum absolute atomic E-state index is 6.23. The van der Waals surface area contributed by atoms with E-state index in [2.05, 4.69) is 0 Å². The summed E-state index contributed by atoms with van der Waals surface area (Å²) in [5.74, 6) is 1.41. The van der Waals surface area contributed by atoms with E-state index in [1.807, 2.05) is 32.0 Å². The minimum Gasteiger partial charge on any atom is -0.497 e. The maximum atomic E-state index is 6.23. The van der Waals surface area contributed by atoms with Gasteiger partial charge in [0.05, 0.1) is 20.3 Å². The lowest BCUT2D eigenvalue weighted by atomic mass is 10.1. The molecular weight excluding hydrogens is 246 g/mol. The molecule has 1 rings (SSSR count). The molecule has 108 valence electrons. The first-order chi connectivity index (χ1) is 9.17. The van der Waals surface area contributed by atoms with Crippen molar-refractivity contribution in [2.24, 2.45) is 5.73 Å². The Kier molecular flexibility index (Phi) is 6.62. The number of benzene rings is 1. The van der Waals surface area contributed by atoms with Crippen LogP contribution in [-0.4, -0.2) is 33.7 Å². The Morgan fingerprint density at radius 2 is 1.68 bits per heavy atom. The fraction of sp³-hybridized carbons (Fsp3) is 0.571. The van der Waals surface area contributed by atoms with Gasteiger partial charge in [0, 0.05) is 18.8 Å². The number of nitrogens with two attached hydrogens (primary N) is 1. The molecule has 0 aliphatic rings. The summed E-state index contributed by atoms with van der Waals surface area (Å²) in [5, 5.41) is 0. The fourth-order valence-corrected chi connectivity index (χ4v) is 1.83. The lowest BCUT2D eigenvalue weighted by molar-refractivity contribution is -0.149. The molecule has 0 aliphatic carbocycles. The predicted molar refractivity (Wildman–Crippen MR) is 73.5 cm³/mol. The Morgan fingerprint density at radius 1 is 1.05 bits per heavy atom. The fourth-order valence-electron chi connectivity index (χ4n) is 1.83. The summed E-state index contributed by atoms with van der Waals surface area (Å²) in [7, 11) is 3.22.